The SMILES string of the molecule is CCNc1cc(N2CCC3CCCCC32)ccn1. The van der Waals surface area contributed by atoms with E-state index in [1.54, 1.807) is 0 Å². The molecule has 1 saturated carbocycles. The molecule has 1 aliphatic carbocycles. The van der Waals surface area contributed by atoms with Crippen LogP contribution < -0.4 is 10.2 Å². The smallest absolute Gasteiger partial charge is 0.127 e. The van der Waals surface area contributed by atoms with Crippen LogP contribution in [0, 0.1) is 5.92 Å². The normalized spacial score (nSPS) is 27.1. The van der Waals surface area contributed by atoms with E-state index in [0.717, 1.165) is 24.3 Å². The van der Waals surface area contributed by atoms with Gasteiger partial charge in [-0.2, -0.15) is 0 Å². The highest BCUT2D eigenvalue weighted by molar-refractivity contribution is 5.55. The molecule has 0 amide bonds. The molecule has 3 nitrogen and oxygen atoms in total. The van der Waals surface area contributed by atoms with Crippen molar-refractivity contribution >= 4 is 11.5 Å². The maximum Gasteiger partial charge on any atom is 0.127 e. The van der Waals surface area contributed by atoms with Crippen molar-refractivity contribution in [1.29, 1.82) is 0 Å². The average molecular weight is 245 g/mol. The molecule has 0 aromatic carbocycles. The molecule has 18 heavy (non-hydrogen) atoms. The predicted octanol–water partition coefficient (Wildman–Crippen LogP) is 3.28. The Morgan fingerprint density at radius 2 is 2.22 bits per heavy atom. The number of anilines is 2. The lowest BCUT2D eigenvalue weighted by Gasteiger charge is -2.33. The maximum atomic E-state index is 4.37. The van der Waals surface area contributed by atoms with Crippen LogP contribution in [0.5, 0.6) is 0 Å². The van der Waals surface area contributed by atoms with Crippen LogP contribution >= 0.6 is 0 Å². The molecule has 2 fully saturated rings. The van der Waals surface area contributed by atoms with E-state index in [0.29, 0.717) is 0 Å². The largest absolute Gasteiger partial charge is 0.370 e. The standard InChI is InChI=1S/C15H23N3/c1-2-16-15-11-13(7-9-17-15)18-10-8-12-5-3-4-6-14(12)18/h7,9,11-12,14H,2-6,8,10H2,1H3,(H,16,17). The summed E-state index contributed by atoms with van der Waals surface area (Å²) in [6.07, 6.45) is 8.97. The zero-order valence-electron chi connectivity index (χ0n) is 11.2. The van der Waals surface area contributed by atoms with E-state index in [-0.39, 0.29) is 0 Å². The zero-order chi connectivity index (χ0) is 12.4. The molecule has 3 heteroatoms. The highest BCUT2D eigenvalue weighted by atomic mass is 15.2. The number of hydrogen-bond donors (Lipinski definition) is 1. The van der Waals surface area contributed by atoms with Gasteiger partial charge in [0, 0.05) is 37.1 Å². The molecule has 2 atom stereocenters. The Morgan fingerprint density at radius 1 is 1.33 bits per heavy atom. The molecule has 2 heterocycles. The topological polar surface area (TPSA) is 28.2 Å². The number of fused-ring (bicyclic) bond motifs is 1. The molecule has 2 aliphatic rings. The van der Waals surface area contributed by atoms with E-state index in [9.17, 15) is 0 Å². The minimum Gasteiger partial charge on any atom is -0.370 e. The number of nitrogens with zero attached hydrogens (tertiary/aromatic N) is 2. The second-order valence-corrected chi connectivity index (χ2v) is 5.52. The predicted molar refractivity (Wildman–Crippen MR) is 76.1 cm³/mol. The molecule has 1 aromatic rings. The van der Waals surface area contributed by atoms with Crippen LogP contribution in [0.4, 0.5) is 11.5 Å². The van der Waals surface area contributed by atoms with Gasteiger partial charge in [0.1, 0.15) is 5.82 Å². The first-order valence-electron chi connectivity index (χ1n) is 7.35. The van der Waals surface area contributed by atoms with Gasteiger partial charge >= 0.3 is 0 Å². The van der Waals surface area contributed by atoms with Crippen molar-refractivity contribution in [2.24, 2.45) is 5.92 Å². The summed E-state index contributed by atoms with van der Waals surface area (Å²) in [5.41, 5.74) is 1.36. The summed E-state index contributed by atoms with van der Waals surface area (Å²) in [5.74, 6) is 1.95. The summed E-state index contributed by atoms with van der Waals surface area (Å²) in [4.78, 5) is 6.98. The summed E-state index contributed by atoms with van der Waals surface area (Å²) >= 11 is 0. The van der Waals surface area contributed by atoms with Crippen molar-refractivity contribution in [2.75, 3.05) is 23.3 Å². The fraction of sp³-hybridized carbons (Fsp3) is 0.667. The third kappa shape index (κ3) is 2.18. The van der Waals surface area contributed by atoms with Crippen LogP contribution in [-0.4, -0.2) is 24.1 Å². The Kier molecular flexibility index (Phi) is 3.39. The zero-order valence-corrected chi connectivity index (χ0v) is 11.2. The lowest BCUT2D eigenvalue weighted by molar-refractivity contribution is 0.342. The Bertz CT molecular complexity index is 404. The van der Waals surface area contributed by atoms with Gasteiger partial charge in [-0.05, 0) is 38.2 Å². The van der Waals surface area contributed by atoms with Crippen molar-refractivity contribution in [3.63, 3.8) is 0 Å². The average Bonchev–Trinajstić information content (AvgIpc) is 2.83. The van der Waals surface area contributed by atoms with Gasteiger partial charge in [-0.3, -0.25) is 0 Å². The molecule has 1 N–H and O–H groups in total. The third-order valence-electron chi connectivity index (χ3n) is 4.44. The van der Waals surface area contributed by atoms with Gasteiger partial charge < -0.3 is 10.2 Å². The van der Waals surface area contributed by atoms with Crippen molar-refractivity contribution in [3.05, 3.63) is 18.3 Å². The Hall–Kier alpha value is -1.25. The van der Waals surface area contributed by atoms with E-state index >= 15 is 0 Å². The van der Waals surface area contributed by atoms with Gasteiger partial charge in [0.2, 0.25) is 0 Å². The third-order valence-corrected chi connectivity index (χ3v) is 4.44. The van der Waals surface area contributed by atoms with E-state index in [4.69, 9.17) is 0 Å². The van der Waals surface area contributed by atoms with Crippen LogP contribution in [-0.2, 0) is 0 Å². The minimum absolute atomic E-state index is 0.788. The van der Waals surface area contributed by atoms with Crippen molar-refractivity contribution in [3.8, 4) is 0 Å². The van der Waals surface area contributed by atoms with Gasteiger partial charge in [0.15, 0.2) is 0 Å². The van der Waals surface area contributed by atoms with Crippen LogP contribution in [0.25, 0.3) is 0 Å². The van der Waals surface area contributed by atoms with Crippen molar-refractivity contribution in [1.82, 2.24) is 4.98 Å². The molecule has 3 rings (SSSR count). The lowest BCUT2D eigenvalue weighted by atomic mass is 9.85. The second kappa shape index (κ2) is 5.17. The molecule has 1 aliphatic heterocycles. The molecule has 0 radical (unpaired) electrons. The first-order valence-corrected chi connectivity index (χ1v) is 7.35. The summed E-state index contributed by atoms with van der Waals surface area (Å²) in [6, 6.07) is 5.16. The van der Waals surface area contributed by atoms with Gasteiger partial charge in [0.25, 0.3) is 0 Å². The van der Waals surface area contributed by atoms with Crippen LogP contribution in [0.3, 0.4) is 0 Å². The minimum atomic E-state index is 0.788. The number of rotatable bonds is 3. The Morgan fingerprint density at radius 3 is 3.11 bits per heavy atom. The summed E-state index contributed by atoms with van der Waals surface area (Å²) < 4.78 is 0. The van der Waals surface area contributed by atoms with Crippen LogP contribution in [0.15, 0.2) is 18.3 Å². The van der Waals surface area contributed by atoms with E-state index in [2.05, 4.69) is 34.3 Å². The quantitative estimate of drug-likeness (QED) is 0.885. The molecule has 2 unspecified atom stereocenters. The number of pyridine rings is 1. The maximum absolute atomic E-state index is 4.37. The van der Waals surface area contributed by atoms with E-state index < -0.39 is 0 Å². The van der Waals surface area contributed by atoms with E-state index in [1.807, 2.05) is 6.20 Å². The van der Waals surface area contributed by atoms with Gasteiger partial charge in [-0.15, -0.1) is 0 Å². The van der Waals surface area contributed by atoms with Gasteiger partial charge in [-0.25, -0.2) is 4.98 Å². The molecular weight excluding hydrogens is 222 g/mol. The van der Waals surface area contributed by atoms with Crippen LogP contribution in [0.2, 0.25) is 0 Å². The van der Waals surface area contributed by atoms with Gasteiger partial charge in [-0.1, -0.05) is 12.8 Å². The number of hydrogen-bond acceptors (Lipinski definition) is 3. The fourth-order valence-electron chi connectivity index (χ4n) is 3.60. The Balaban J connectivity index is 1.79. The molecule has 0 bridgehead atoms. The molecule has 0 spiro atoms. The first-order chi connectivity index (χ1) is 8.88. The molecule has 98 valence electrons. The van der Waals surface area contributed by atoms with E-state index in [1.165, 1.54) is 44.3 Å². The van der Waals surface area contributed by atoms with Crippen LogP contribution in [0.1, 0.15) is 39.0 Å². The summed E-state index contributed by atoms with van der Waals surface area (Å²) in [5, 5.41) is 3.31. The summed E-state index contributed by atoms with van der Waals surface area (Å²) in [7, 11) is 0. The lowest BCUT2D eigenvalue weighted by Crippen LogP contribution is -2.34. The first kappa shape index (κ1) is 11.8. The highest BCUT2D eigenvalue weighted by Crippen LogP contribution is 2.38. The molecule has 1 aromatic heterocycles. The molecule has 1 saturated heterocycles. The fourth-order valence-corrected chi connectivity index (χ4v) is 3.60. The summed E-state index contributed by atoms with van der Waals surface area (Å²) in [6.45, 7) is 4.27. The number of nitrogens with one attached hydrogen (secondary N) is 1. The highest BCUT2D eigenvalue weighted by Gasteiger charge is 2.35. The second-order valence-electron chi connectivity index (χ2n) is 5.52. The Labute approximate surface area is 110 Å². The number of aromatic nitrogens is 1. The van der Waals surface area contributed by atoms with Crippen molar-refractivity contribution < 1.29 is 0 Å². The van der Waals surface area contributed by atoms with Crippen molar-refractivity contribution in [2.45, 2.75) is 45.1 Å². The van der Waals surface area contributed by atoms with Gasteiger partial charge in [0.05, 0.1) is 0 Å². The monoisotopic (exact) mass is 245 g/mol. The molecular formula is C15H23N3.